The van der Waals surface area contributed by atoms with Crippen molar-refractivity contribution < 1.29 is 13.5 Å². The van der Waals surface area contributed by atoms with E-state index in [-0.39, 0.29) is 12.4 Å². The van der Waals surface area contributed by atoms with Crippen LogP contribution in [0.5, 0.6) is 0 Å². The molecule has 5 heteroatoms. The van der Waals surface area contributed by atoms with Crippen molar-refractivity contribution in [2.45, 2.75) is 32.6 Å². The van der Waals surface area contributed by atoms with Crippen molar-refractivity contribution >= 4 is 15.7 Å². The molecular formula is C14H23NO3S. The Morgan fingerprint density at radius 3 is 2.37 bits per heavy atom. The molecule has 0 aliphatic heterocycles. The topological polar surface area (TPSA) is 57.6 Å². The Bertz CT molecular complexity index is 445. The third-order valence-corrected chi connectivity index (χ3v) is 4.77. The Morgan fingerprint density at radius 1 is 1.11 bits per heavy atom. The second kappa shape index (κ2) is 8.17. The summed E-state index contributed by atoms with van der Waals surface area (Å²) in [7, 11) is -3.30. The third-order valence-electron chi connectivity index (χ3n) is 2.91. The summed E-state index contributed by atoms with van der Waals surface area (Å²) in [5.74, 6) is 0.0895. The number of benzene rings is 1. The van der Waals surface area contributed by atoms with Crippen molar-refractivity contribution in [2.75, 3.05) is 23.2 Å². The van der Waals surface area contributed by atoms with Gasteiger partial charge in [0.05, 0.1) is 11.4 Å². The van der Waals surface area contributed by atoms with E-state index in [1.165, 1.54) is 4.31 Å². The van der Waals surface area contributed by atoms with Crippen LogP contribution in [-0.2, 0) is 10.0 Å². The number of unbranched alkanes of at least 4 members (excludes halogenated alkanes) is 2. The van der Waals surface area contributed by atoms with Gasteiger partial charge in [0, 0.05) is 13.2 Å². The normalized spacial score (nSPS) is 11.5. The summed E-state index contributed by atoms with van der Waals surface area (Å²) in [5.41, 5.74) is 0.722. The van der Waals surface area contributed by atoms with Crippen molar-refractivity contribution in [3.8, 4) is 0 Å². The van der Waals surface area contributed by atoms with Crippen molar-refractivity contribution in [1.82, 2.24) is 0 Å². The molecule has 4 nitrogen and oxygen atoms in total. The second-order valence-electron chi connectivity index (χ2n) is 4.51. The highest BCUT2D eigenvalue weighted by atomic mass is 32.2. The molecule has 0 unspecified atom stereocenters. The lowest BCUT2D eigenvalue weighted by molar-refractivity contribution is 0.287. The van der Waals surface area contributed by atoms with Crippen molar-refractivity contribution in [2.24, 2.45) is 0 Å². The summed E-state index contributed by atoms with van der Waals surface area (Å²) >= 11 is 0. The molecule has 108 valence electrons. The first-order valence-electron chi connectivity index (χ1n) is 6.78. The van der Waals surface area contributed by atoms with Gasteiger partial charge in [-0.2, -0.15) is 0 Å². The lowest BCUT2D eigenvalue weighted by Gasteiger charge is -2.24. The van der Waals surface area contributed by atoms with Gasteiger partial charge in [0.15, 0.2) is 0 Å². The molecule has 1 aromatic rings. The monoisotopic (exact) mass is 285 g/mol. The van der Waals surface area contributed by atoms with Crippen LogP contribution in [0.25, 0.3) is 0 Å². The van der Waals surface area contributed by atoms with E-state index in [4.69, 9.17) is 5.11 Å². The van der Waals surface area contributed by atoms with Gasteiger partial charge < -0.3 is 5.11 Å². The minimum atomic E-state index is -3.30. The van der Waals surface area contributed by atoms with Crippen molar-refractivity contribution in [1.29, 1.82) is 0 Å². The van der Waals surface area contributed by atoms with Crippen LogP contribution in [0.2, 0.25) is 0 Å². The number of hydrogen-bond donors (Lipinski definition) is 1. The maximum Gasteiger partial charge on any atom is 0.235 e. The van der Waals surface area contributed by atoms with Gasteiger partial charge in [-0.15, -0.1) is 0 Å². The lowest BCUT2D eigenvalue weighted by Crippen LogP contribution is -2.34. The van der Waals surface area contributed by atoms with E-state index < -0.39 is 10.0 Å². The highest BCUT2D eigenvalue weighted by Gasteiger charge is 2.21. The number of anilines is 1. The number of aliphatic hydroxyl groups is 1. The first-order chi connectivity index (χ1) is 9.11. The van der Waals surface area contributed by atoms with Crippen LogP contribution in [0.4, 0.5) is 5.69 Å². The van der Waals surface area contributed by atoms with Crippen LogP contribution >= 0.6 is 0 Å². The number of hydrogen-bond acceptors (Lipinski definition) is 3. The van der Waals surface area contributed by atoms with E-state index in [1.54, 1.807) is 0 Å². The molecule has 0 fully saturated rings. The molecule has 0 bridgehead atoms. The summed E-state index contributed by atoms with van der Waals surface area (Å²) in [6.07, 6.45) is 2.81. The third kappa shape index (κ3) is 5.20. The number of rotatable bonds is 9. The average Bonchev–Trinajstić information content (AvgIpc) is 2.40. The number of nitrogens with zero attached hydrogens (tertiary/aromatic N) is 1. The molecule has 0 saturated heterocycles. The number of sulfonamides is 1. The smallest absolute Gasteiger partial charge is 0.235 e. The standard InChI is InChI=1S/C14H23NO3S/c1-2-3-11-15(14-9-5-4-6-10-14)19(17,18)13-8-7-12-16/h4-6,9-10,16H,2-3,7-8,11-13H2,1H3. The minimum absolute atomic E-state index is 0.0375. The van der Waals surface area contributed by atoms with E-state index in [0.29, 0.717) is 19.4 Å². The van der Waals surface area contributed by atoms with Crippen LogP contribution in [0, 0.1) is 0 Å². The quantitative estimate of drug-likeness (QED) is 0.709. The van der Waals surface area contributed by atoms with Gasteiger partial charge >= 0.3 is 0 Å². The molecule has 19 heavy (non-hydrogen) atoms. The average molecular weight is 285 g/mol. The van der Waals surface area contributed by atoms with Crippen LogP contribution < -0.4 is 4.31 Å². The molecule has 0 heterocycles. The molecule has 0 aliphatic rings. The van der Waals surface area contributed by atoms with Crippen molar-refractivity contribution in [3.05, 3.63) is 30.3 Å². The van der Waals surface area contributed by atoms with Crippen LogP contribution in [-0.4, -0.2) is 32.4 Å². The summed E-state index contributed by atoms with van der Waals surface area (Å²) in [4.78, 5) is 0. The first-order valence-corrected chi connectivity index (χ1v) is 8.39. The lowest BCUT2D eigenvalue weighted by atomic mass is 10.3. The zero-order chi connectivity index (χ0) is 14.1. The predicted octanol–water partition coefficient (Wildman–Crippen LogP) is 2.40. The van der Waals surface area contributed by atoms with Gasteiger partial charge in [-0.3, -0.25) is 4.31 Å². The predicted molar refractivity (Wildman–Crippen MR) is 78.8 cm³/mol. The van der Waals surface area contributed by atoms with Gasteiger partial charge in [0.1, 0.15) is 0 Å². The van der Waals surface area contributed by atoms with Gasteiger partial charge in [-0.05, 0) is 31.4 Å². The highest BCUT2D eigenvalue weighted by Crippen LogP contribution is 2.19. The van der Waals surface area contributed by atoms with Gasteiger partial charge in [-0.1, -0.05) is 31.5 Å². The zero-order valence-corrected chi connectivity index (χ0v) is 12.3. The highest BCUT2D eigenvalue weighted by molar-refractivity contribution is 7.92. The largest absolute Gasteiger partial charge is 0.396 e. The fourth-order valence-electron chi connectivity index (χ4n) is 1.83. The first kappa shape index (κ1) is 16.0. The fourth-order valence-corrected chi connectivity index (χ4v) is 3.47. The van der Waals surface area contributed by atoms with Crippen molar-refractivity contribution in [3.63, 3.8) is 0 Å². The molecule has 0 spiro atoms. The van der Waals surface area contributed by atoms with E-state index in [2.05, 4.69) is 0 Å². The maximum atomic E-state index is 12.4. The molecule has 1 N–H and O–H groups in total. The van der Waals surface area contributed by atoms with Gasteiger partial charge in [0.25, 0.3) is 0 Å². The Balaban J connectivity index is 2.84. The van der Waals surface area contributed by atoms with E-state index in [1.807, 2.05) is 37.3 Å². The molecule has 0 aromatic heterocycles. The minimum Gasteiger partial charge on any atom is -0.396 e. The summed E-state index contributed by atoms with van der Waals surface area (Å²) < 4.78 is 26.2. The molecule has 0 aliphatic carbocycles. The Hall–Kier alpha value is -1.07. The van der Waals surface area contributed by atoms with Crippen LogP contribution in [0.1, 0.15) is 32.6 Å². The zero-order valence-electron chi connectivity index (χ0n) is 11.5. The SMILES string of the molecule is CCCCN(c1ccccc1)S(=O)(=O)CCCCO. The molecule has 0 radical (unpaired) electrons. The maximum absolute atomic E-state index is 12.4. The molecule has 0 atom stereocenters. The number of aliphatic hydroxyl groups excluding tert-OH is 1. The van der Waals surface area contributed by atoms with Gasteiger partial charge in [0.2, 0.25) is 10.0 Å². The Labute approximate surface area is 116 Å². The summed E-state index contributed by atoms with van der Waals surface area (Å²) in [6.45, 7) is 2.60. The fraction of sp³-hybridized carbons (Fsp3) is 0.571. The summed E-state index contributed by atoms with van der Waals surface area (Å²) in [5, 5.41) is 8.75. The Morgan fingerprint density at radius 2 is 1.79 bits per heavy atom. The molecule has 1 rings (SSSR count). The Kier molecular flexibility index (Phi) is 6.87. The van der Waals surface area contributed by atoms with Crippen LogP contribution in [0.15, 0.2) is 30.3 Å². The second-order valence-corrected chi connectivity index (χ2v) is 6.52. The molecule has 1 aromatic carbocycles. The molecular weight excluding hydrogens is 262 g/mol. The molecule has 0 saturated carbocycles. The van der Waals surface area contributed by atoms with Crippen LogP contribution in [0.3, 0.4) is 0 Å². The van der Waals surface area contributed by atoms with E-state index >= 15 is 0 Å². The van der Waals surface area contributed by atoms with E-state index in [9.17, 15) is 8.42 Å². The molecule has 0 amide bonds. The summed E-state index contributed by atoms with van der Waals surface area (Å²) in [6, 6.07) is 9.20. The number of para-hydroxylation sites is 1. The van der Waals surface area contributed by atoms with Gasteiger partial charge in [-0.25, -0.2) is 8.42 Å². The van der Waals surface area contributed by atoms with E-state index in [0.717, 1.165) is 18.5 Å².